The molecule has 94 valence electrons. The second-order valence-electron chi connectivity index (χ2n) is 3.93. The van der Waals surface area contributed by atoms with E-state index in [1.165, 1.54) is 22.7 Å². The summed E-state index contributed by atoms with van der Waals surface area (Å²) < 4.78 is 0. The largest absolute Gasteiger partial charge is 0.541 e. The Bertz CT molecular complexity index is 695. The number of rotatable bonds is 2. The number of benzene rings is 2. The highest BCUT2D eigenvalue weighted by atomic mass is 32.2. The highest BCUT2D eigenvalue weighted by Gasteiger charge is 2.18. The van der Waals surface area contributed by atoms with Crippen LogP contribution in [0.5, 0.6) is 0 Å². The second-order valence-corrected chi connectivity index (χ2v) is 6.10. The van der Waals surface area contributed by atoms with Crippen molar-refractivity contribution in [3.63, 3.8) is 0 Å². The standard InChI is InChI=1S/C14H8O3S2/c15-13(14(16)17)8-5-6-11-12(7-8)19-10-4-2-1-3-9(10)18-11/h1-7H,(H,16,17)/p-1. The van der Waals surface area contributed by atoms with Crippen molar-refractivity contribution >= 4 is 35.3 Å². The number of aliphatic carboxylic acids is 1. The molecule has 0 spiro atoms. The summed E-state index contributed by atoms with van der Waals surface area (Å²) in [6.45, 7) is 0. The molecule has 2 aromatic rings. The molecule has 3 rings (SSSR count). The Morgan fingerprint density at radius 2 is 1.42 bits per heavy atom. The van der Waals surface area contributed by atoms with Crippen molar-refractivity contribution in [2.75, 3.05) is 0 Å². The third-order valence-electron chi connectivity index (χ3n) is 2.68. The molecular formula is C14H7O3S2-. The van der Waals surface area contributed by atoms with Crippen LogP contribution in [-0.2, 0) is 4.79 Å². The normalized spacial score (nSPS) is 12.4. The summed E-state index contributed by atoms with van der Waals surface area (Å²) in [7, 11) is 0. The van der Waals surface area contributed by atoms with Gasteiger partial charge in [0.15, 0.2) is 0 Å². The zero-order valence-electron chi connectivity index (χ0n) is 9.58. The summed E-state index contributed by atoms with van der Waals surface area (Å²) in [4.78, 5) is 26.2. The molecule has 0 radical (unpaired) electrons. The van der Waals surface area contributed by atoms with Gasteiger partial charge in [0.2, 0.25) is 5.78 Å². The molecule has 1 aliphatic rings. The number of hydrogen-bond donors (Lipinski definition) is 0. The lowest BCUT2D eigenvalue weighted by molar-refractivity contribution is -0.296. The smallest absolute Gasteiger partial charge is 0.208 e. The Kier molecular flexibility index (Phi) is 3.08. The van der Waals surface area contributed by atoms with Crippen molar-refractivity contribution in [1.29, 1.82) is 0 Å². The second kappa shape index (κ2) is 4.75. The average molecular weight is 287 g/mol. The molecule has 3 nitrogen and oxygen atoms in total. The number of fused-ring (bicyclic) bond motifs is 2. The Balaban J connectivity index is 2.01. The van der Waals surface area contributed by atoms with E-state index in [-0.39, 0.29) is 5.56 Å². The maximum Gasteiger partial charge on any atom is 0.208 e. The van der Waals surface area contributed by atoms with E-state index >= 15 is 0 Å². The lowest BCUT2D eigenvalue weighted by atomic mass is 10.1. The van der Waals surface area contributed by atoms with Crippen molar-refractivity contribution in [2.24, 2.45) is 0 Å². The van der Waals surface area contributed by atoms with Crippen molar-refractivity contribution in [1.82, 2.24) is 0 Å². The molecule has 0 bridgehead atoms. The van der Waals surface area contributed by atoms with E-state index < -0.39 is 11.8 Å². The Morgan fingerprint density at radius 1 is 0.842 bits per heavy atom. The van der Waals surface area contributed by atoms with Gasteiger partial charge in [-0.15, -0.1) is 0 Å². The van der Waals surface area contributed by atoms with Crippen LogP contribution in [0, 0.1) is 0 Å². The Hall–Kier alpha value is -1.72. The summed E-state index contributed by atoms with van der Waals surface area (Å²) in [5.74, 6) is -2.65. The van der Waals surface area contributed by atoms with E-state index in [1.807, 2.05) is 24.3 Å². The van der Waals surface area contributed by atoms with Gasteiger partial charge in [-0.25, -0.2) is 0 Å². The van der Waals surface area contributed by atoms with Gasteiger partial charge < -0.3 is 9.90 Å². The minimum atomic E-state index is -1.67. The predicted octanol–water partition coefficient (Wildman–Crippen LogP) is 2.23. The van der Waals surface area contributed by atoms with Crippen molar-refractivity contribution in [2.45, 2.75) is 19.6 Å². The molecule has 0 fully saturated rings. The van der Waals surface area contributed by atoms with Crippen LogP contribution in [-0.4, -0.2) is 11.8 Å². The van der Waals surface area contributed by atoms with Gasteiger partial charge >= 0.3 is 0 Å². The van der Waals surface area contributed by atoms with Crippen LogP contribution in [0.1, 0.15) is 10.4 Å². The van der Waals surface area contributed by atoms with Gasteiger partial charge in [-0.05, 0) is 30.3 Å². The van der Waals surface area contributed by atoms with Crippen LogP contribution in [0.15, 0.2) is 62.0 Å². The highest BCUT2D eigenvalue weighted by molar-refractivity contribution is 8.05. The molecule has 1 aliphatic heterocycles. The molecule has 2 aromatic carbocycles. The molecule has 0 atom stereocenters. The fourth-order valence-electron chi connectivity index (χ4n) is 1.79. The van der Waals surface area contributed by atoms with Crippen LogP contribution < -0.4 is 5.11 Å². The first kappa shape index (κ1) is 12.3. The van der Waals surface area contributed by atoms with E-state index in [2.05, 4.69) is 0 Å². The first-order chi connectivity index (χ1) is 9.15. The van der Waals surface area contributed by atoms with E-state index in [9.17, 15) is 14.7 Å². The number of Topliss-reactive ketones (excluding diaryl/α,β-unsaturated/α-hetero) is 1. The molecule has 0 saturated carbocycles. The van der Waals surface area contributed by atoms with Gasteiger partial charge in [0.1, 0.15) is 5.97 Å². The van der Waals surface area contributed by atoms with Crippen LogP contribution in [0.3, 0.4) is 0 Å². The van der Waals surface area contributed by atoms with Gasteiger partial charge in [0.05, 0.1) is 0 Å². The molecule has 0 unspecified atom stereocenters. The van der Waals surface area contributed by atoms with Crippen LogP contribution >= 0.6 is 23.5 Å². The maximum atomic E-state index is 11.4. The van der Waals surface area contributed by atoms with E-state index in [0.717, 1.165) is 14.7 Å². The summed E-state index contributed by atoms with van der Waals surface area (Å²) >= 11 is 3.16. The number of carboxylic acid groups (broad SMARTS) is 1. The predicted molar refractivity (Wildman–Crippen MR) is 70.5 cm³/mol. The molecule has 0 N–H and O–H groups in total. The first-order valence-electron chi connectivity index (χ1n) is 5.49. The zero-order valence-corrected chi connectivity index (χ0v) is 11.2. The number of carbonyl (C=O) groups is 2. The molecule has 19 heavy (non-hydrogen) atoms. The summed E-state index contributed by atoms with van der Waals surface area (Å²) in [5.41, 5.74) is 0.159. The Morgan fingerprint density at radius 3 is 2.05 bits per heavy atom. The van der Waals surface area contributed by atoms with Crippen LogP contribution in [0.2, 0.25) is 0 Å². The first-order valence-corrected chi connectivity index (χ1v) is 7.13. The fourth-order valence-corrected chi connectivity index (χ4v) is 4.04. The zero-order chi connectivity index (χ0) is 13.4. The van der Waals surface area contributed by atoms with E-state index in [0.29, 0.717) is 0 Å². The fraction of sp³-hybridized carbons (Fsp3) is 0. The molecule has 0 amide bonds. The number of ketones is 1. The Labute approximate surface area is 118 Å². The van der Waals surface area contributed by atoms with Gasteiger partial charge in [-0.3, -0.25) is 4.79 Å². The summed E-state index contributed by atoms with van der Waals surface area (Å²) in [6, 6.07) is 12.9. The molecular weight excluding hydrogens is 280 g/mol. The minimum Gasteiger partial charge on any atom is -0.541 e. The summed E-state index contributed by atoms with van der Waals surface area (Å²) in [6.07, 6.45) is 0. The average Bonchev–Trinajstić information content (AvgIpc) is 2.43. The number of carbonyl (C=O) groups excluding carboxylic acids is 2. The van der Waals surface area contributed by atoms with Crippen LogP contribution in [0.25, 0.3) is 0 Å². The molecule has 1 heterocycles. The topological polar surface area (TPSA) is 57.2 Å². The quantitative estimate of drug-likeness (QED) is 0.534. The molecule has 0 saturated heterocycles. The lowest BCUT2D eigenvalue weighted by Crippen LogP contribution is -2.31. The van der Waals surface area contributed by atoms with Gasteiger partial charge in [-0.1, -0.05) is 35.7 Å². The number of carboxylic acids is 1. The minimum absolute atomic E-state index is 0.159. The highest BCUT2D eigenvalue weighted by Crippen LogP contribution is 2.48. The van der Waals surface area contributed by atoms with Crippen LogP contribution in [0.4, 0.5) is 0 Å². The lowest BCUT2D eigenvalue weighted by Gasteiger charge is -2.18. The van der Waals surface area contributed by atoms with Crippen molar-refractivity contribution in [3.05, 3.63) is 48.0 Å². The maximum absolute atomic E-state index is 11.4. The molecule has 0 aliphatic carbocycles. The SMILES string of the molecule is O=C([O-])C(=O)c1ccc2c(c1)Sc1ccccc1S2. The monoisotopic (exact) mass is 287 g/mol. The molecule has 5 heteroatoms. The third kappa shape index (κ3) is 2.27. The van der Waals surface area contributed by atoms with Gasteiger partial charge in [0, 0.05) is 25.1 Å². The third-order valence-corrected chi connectivity index (χ3v) is 5.22. The van der Waals surface area contributed by atoms with Gasteiger partial charge in [0.25, 0.3) is 0 Å². The van der Waals surface area contributed by atoms with E-state index in [1.54, 1.807) is 23.9 Å². The molecule has 0 aromatic heterocycles. The van der Waals surface area contributed by atoms with Crippen molar-refractivity contribution in [3.8, 4) is 0 Å². The summed E-state index contributed by atoms with van der Waals surface area (Å²) in [5, 5.41) is 10.6. The number of hydrogen-bond acceptors (Lipinski definition) is 5. The van der Waals surface area contributed by atoms with Gasteiger partial charge in [-0.2, -0.15) is 0 Å². The van der Waals surface area contributed by atoms with Crippen molar-refractivity contribution < 1.29 is 14.7 Å². The van der Waals surface area contributed by atoms with E-state index in [4.69, 9.17) is 0 Å².